The number of rotatable bonds is 6. The Labute approximate surface area is 125 Å². The fraction of sp³-hybridized carbons (Fsp3) is 0.600. The molecule has 0 amide bonds. The Morgan fingerprint density at radius 1 is 1.32 bits per heavy atom. The van der Waals surface area contributed by atoms with E-state index in [4.69, 9.17) is 27.9 Å². The number of benzene rings is 1. The van der Waals surface area contributed by atoms with Crippen molar-refractivity contribution in [3.05, 3.63) is 33.8 Å². The second-order valence-corrected chi connectivity index (χ2v) is 5.98. The minimum atomic E-state index is 0.303. The summed E-state index contributed by atoms with van der Waals surface area (Å²) >= 11 is 12.1. The third-order valence-electron chi connectivity index (χ3n) is 3.68. The monoisotopic (exact) mass is 301 g/mol. The second kappa shape index (κ2) is 7.49. The molecule has 106 valence electrons. The molecule has 1 N–H and O–H groups in total. The molecule has 0 aromatic heterocycles. The molecule has 1 saturated heterocycles. The van der Waals surface area contributed by atoms with Crippen LogP contribution in [-0.4, -0.2) is 19.8 Å². The zero-order chi connectivity index (χ0) is 13.7. The number of ether oxygens (including phenoxy) is 1. The Bertz CT molecular complexity index is 385. The first-order chi connectivity index (χ1) is 9.19. The van der Waals surface area contributed by atoms with Crippen LogP contribution in [0.15, 0.2) is 18.2 Å². The lowest BCUT2D eigenvalue weighted by Crippen LogP contribution is -2.17. The maximum atomic E-state index is 6.06. The molecule has 2 unspecified atom stereocenters. The molecule has 1 fully saturated rings. The van der Waals surface area contributed by atoms with E-state index in [9.17, 15) is 0 Å². The molecule has 0 spiro atoms. The van der Waals surface area contributed by atoms with Crippen LogP contribution >= 0.6 is 23.2 Å². The van der Waals surface area contributed by atoms with Gasteiger partial charge in [-0.2, -0.15) is 0 Å². The highest BCUT2D eigenvalue weighted by atomic mass is 35.5. The predicted octanol–water partition coefficient (Wildman–Crippen LogP) is 4.60. The lowest BCUT2D eigenvalue weighted by Gasteiger charge is -2.18. The molecule has 4 heteroatoms. The Hall–Kier alpha value is -0.280. The molecule has 2 nitrogen and oxygen atoms in total. The van der Waals surface area contributed by atoms with Gasteiger partial charge in [0.2, 0.25) is 0 Å². The van der Waals surface area contributed by atoms with Crippen molar-refractivity contribution in [2.75, 3.05) is 13.7 Å². The maximum absolute atomic E-state index is 6.06. The van der Waals surface area contributed by atoms with Crippen LogP contribution in [0.25, 0.3) is 0 Å². The second-order valence-electron chi connectivity index (χ2n) is 5.11. The molecule has 1 aliphatic heterocycles. The first kappa shape index (κ1) is 15.1. The molecule has 0 radical (unpaired) electrons. The molecule has 1 heterocycles. The van der Waals surface area contributed by atoms with E-state index in [2.05, 4.69) is 5.32 Å². The van der Waals surface area contributed by atoms with Gasteiger partial charge in [0.05, 0.1) is 6.10 Å². The predicted molar refractivity (Wildman–Crippen MR) is 81.1 cm³/mol. The molecule has 1 aromatic carbocycles. The molecule has 1 aliphatic rings. The Morgan fingerprint density at radius 2 is 2.05 bits per heavy atom. The van der Waals surface area contributed by atoms with Crippen molar-refractivity contribution >= 4 is 23.2 Å². The highest BCUT2D eigenvalue weighted by Crippen LogP contribution is 2.27. The molecule has 2 atom stereocenters. The summed E-state index contributed by atoms with van der Waals surface area (Å²) in [7, 11) is 1.98. The largest absolute Gasteiger partial charge is 0.378 e. The van der Waals surface area contributed by atoms with Crippen LogP contribution in [0.3, 0.4) is 0 Å². The van der Waals surface area contributed by atoms with Crippen molar-refractivity contribution in [3.8, 4) is 0 Å². The van der Waals surface area contributed by atoms with Crippen LogP contribution < -0.4 is 5.32 Å². The molecular formula is C15H21Cl2NO. The Kier molecular flexibility index (Phi) is 5.96. The van der Waals surface area contributed by atoms with Crippen molar-refractivity contribution in [1.82, 2.24) is 5.32 Å². The van der Waals surface area contributed by atoms with E-state index in [1.807, 2.05) is 19.2 Å². The van der Waals surface area contributed by atoms with Gasteiger partial charge in [-0.05, 0) is 62.9 Å². The van der Waals surface area contributed by atoms with E-state index in [-0.39, 0.29) is 0 Å². The van der Waals surface area contributed by atoms with Crippen molar-refractivity contribution < 1.29 is 4.74 Å². The molecule has 0 bridgehead atoms. The summed E-state index contributed by atoms with van der Waals surface area (Å²) in [4.78, 5) is 0. The van der Waals surface area contributed by atoms with Crippen LogP contribution in [-0.2, 0) is 4.74 Å². The van der Waals surface area contributed by atoms with Crippen molar-refractivity contribution in [1.29, 1.82) is 0 Å². The summed E-state index contributed by atoms with van der Waals surface area (Å²) in [5, 5.41) is 4.73. The summed E-state index contributed by atoms with van der Waals surface area (Å²) in [6.07, 6.45) is 6.28. The van der Waals surface area contributed by atoms with Gasteiger partial charge in [0.15, 0.2) is 0 Å². The molecule has 2 rings (SSSR count). The number of nitrogens with one attached hydrogen (secondary N) is 1. The standard InChI is InChI=1S/C15H21Cl2NO/c1-18-15(6-2-4-14-5-3-7-19-14)11-8-12(16)10-13(17)9-11/h8-10,14-15,18H,2-7H2,1H3. The molecule has 0 saturated carbocycles. The fourth-order valence-corrected chi connectivity index (χ4v) is 3.22. The molecular weight excluding hydrogens is 281 g/mol. The summed E-state index contributed by atoms with van der Waals surface area (Å²) < 4.78 is 5.65. The van der Waals surface area contributed by atoms with Gasteiger partial charge in [-0.3, -0.25) is 0 Å². The van der Waals surface area contributed by atoms with Gasteiger partial charge in [0, 0.05) is 22.7 Å². The van der Waals surface area contributed by atoms with Gasteiger partial charge in [0.25, 0.3) is 0 Å². The van der Waals surface area contributed by atoms with Crippen LogP contribution in [0, 0.1) is 0 Å². The highest BCUT2D eigenvalue weighted by molar-refractivity contribution is 6.34. The van der Waals surface area contributed by atoms with E-state index < -0.39 is 0 Å². The number of hydrogen-bond donors (Lipinski definition) is 1. The van der Waals surface area contributed by atoms with Gasteiger partial charge in [-0.15, -0.1) is 0 Å². The average Bonchev–Trinajstić information content (AvgIpc) is 2.86. The van der Waals surface area contributed by atoms with Crippen molar-refractivity contribution in [2.45, 2.75) is 44.2 Å². The Morgan fingerprint density at radius 3 is 2.63 bits per heavy atom. The number of hydrogen-bond acceptors (Lipinski definition) is 2. The van der Waals surface area contributed by atoms with Crippen LogP contribution in [0.5, 0.6) is 0 Å². The average molecular weight is 302 g/mol. The molecule has 0 aliphatic carbocycles. The molecule has 1 aromatic rings. The zero-order valence-electron chi connectivity index (χ0n) is 11.3. The van der Waals surface area contributed by atoms with Gasteiger partial charge in [-0.1, -0.05) is 23.2 Å². The first-order valence-corrected chi connectivity index (χ1v) is 7.69. The summed E-state index contributed by atoms with van der Waals surface area (Å²) in [6.45, 7) is 0.935. The normalized spacial score (nSPS) is 20.7. The minimum absolute atomic E-state index is 0.303. The summed E-state index contributed by atoms with van der Waals surface area (Å²) in [5.41, 5.74) is 1.16. The smallest absolute Gasteiger partial charge is 0.0576 e. The SMILES string of the molecule is CNC(CCCC1CCCO1)c1cc(Cl)cc(Cl)c1. The van der Waals surface area contributed by atoms with E-state index in [0.717, 1.165) is 31.4 Å². The fourth-order valence-electron chi connectivity index (χ4n) is 2.68. The molecule has 19 heavy (non-hydrogen) atoms. The summed E-state index contributed by atoms with van der Waals surface area (Å²) in [5.74, 6) is 0. The third-order valence-corrected chi connectivity index (χ3v) is 4.12. The zero-order valence-corrected chi connectivity index (χ0v) is 12.8. The van der Waals surface area contributed by atoms with Gasteiger partial charge < -0.3 is 10.1 Å². The Balaban J connectivity index is 1.87. The third kappa shape index (κ3) is 4.64. The van der Waals surface area contributed by atoms with E-state index in [1.54, 1.807) is 6.07 Å². The first-order valence-electron chi connectivity index (χ1n) is 6.94. The van der Waals surface area contributed by atoms with E-state index in [0.29, 0.717) is 22.2 Å². The number of halogens is 2. The van der Waals surface area contributed by atoms with E-state index >= 15 is 0 Å². The van der Waals surface area contributed by atoms with Crippen LogP contribution in [0.4, 0.5) is 0 Å². The summed E-state index contributed by atoms with van der Waals surface area (Å²) in [6, 6.07) is 6.05. The van der Waals surface area contributed by atoms with Gasteiger partial charge in [-0.25, -0.2) is 0 Å². The van der Waals surface area contributed by atoms with E-state index in [1.165, 1.54) is 12.8 Å². The highest BCUT2D eigenvalue weighted by Gasteiger charge is 2.16. The lowest BCUT2D eigenvalue weighted by molar-refractivity contribution is 0.101. The van der Waals surface area contributed by atoms with Gasteiger partial charge >= 0.3 is 0 Å². The van der Waals surface area contributed by atoms with Crippen molar-refractivity contribution in [2.24, 2.45) is 0 Å². The topological polar surface area (TPSA) is 21.3 Å². The maximum Gasteiger partial charge on any atom is 0.0576 e. The van der Waals surface area contributed by atoms with Crippen molar-refractivity contribution in [3.63, 3.8) is 0 Å². The van der Waals surface area contributed by atoms with Gasteiger partial charge in [0.1, 0.15) is 0 Å². The van der Waals surface area contributed by atoms with Crippen LogP contribution in [0.1, 0.15) is 43.7 Å². The van der Waals surface area contributed by atoms with Crippen LogP contribution in [0.2, 0.25) is 10.0 Å². The minimum Gasteiger partial charge on any atom is -0.378 e. The quantitative estimate of drug-likeness (QED) is 0.829. The lowest BCUT2D eigenvalue weighted by atomic mass is 9.99.